The van der Waals surface area contributed by atoms with E-state index in [0.29, 0.717) is 22.3 Å². The molecule has 6 nitrogen and oxygen atoms in total. The van der Waals surface area contributed by atoms with E-state index in [-0.39, 0.29) is 17.4 Å². The molecule has 0 aliphatic carbocycles. The number of rotatable bonds is 8. The van der Waals surface area contributed by atoms with Crippen LogP contribution < -0.4 is 9.47 Å². The van der Waals surface area contributed by atoms with Gasteiger partial charge in [0.25, 0.3) is 11.1 Å². The van der Waals surface area contributed by atoms with Gasteiger partial charge in [-0.15, -0.1) is 10.2 Å². The van der Waals surface area contributed by atoms with Crippen LogP contribution in [0.25, 0.3) is 0 Å². The molecule has 0 radical (unpaired) electrons. The summed E-state index contributed by atoms with van der Waals surface area (Å²) in [7, 11) is 1.57. The Balaban J connectivity index is 1.67. The van der Waals surface area contributed by atoms with Gasteiger partial charge in [-0.05, 0) is 44.2 Å². The van der Waals surface area contributed by atoms with Gasteiger partial charge in [-0.3, -0.25) is 4.79 Å². The molecule has 1 atom stereocenters. The third kappa shape index (κ3) is 4.69. The minimum atomic E-state index is -0.602. The number of thioether (sulfide) groups is 1. The fraction of sp³-hybridized carbons (Fsp3) is 0.250. The van der Waals surface area contributed by atoms with E-state index in [0.717, 1.165) is 5.56 Å². The zero-order chi connectivity index (χ0) is 20.1. The number of aromatic nitrogens is 2. The Morgan fingerprint density at radius 2 is 2.00 bits per heavy atom. The molecule has 28 heavy (non-hydrogen) atoms. The highest BCUT2D eigenvalue weighted by atomic mass is 32.2. The monoisotopic (exact) mass is 402 g/mol. The molecular weight excluding hydrogens is 383 g/mol. The minimum Gasteiger partial charge on any atom is -0.496 e. The second kappa shape index (κ2) is 8.88. The molecular formula is C20H19FN2O4S. The first kappa shape index (κ1) is 19.9. The molecule has 0 N–H and O–H groups in total. The van der Waals surface area contributed by atoms with Crippen molar-refractivity contribution in [2.45, 2.75) is 30.9 Å². The van der Waals surface area contributed by atoms with Gasteiger partial charge in [0.15, 0.2) is 23.5 Å². The Kier molecular flexibility index (Phi) is 6.30. The van der Waals surface area contributed by atoms with Crippen molar-refractivity contribution in [2.24, 2.45) is 0 Å². The first-order valence-corrected chi connectivity index (χ1v) is 9.51. The normalized spacial score (nSPS) is 11.9. The van der Waals surface area contributed by atoms with Gasteiger partial charge in [-0.2, -0.15) is 0 Å². The van der Waals surface area contributed by atoms with E-state index in [2.05, 4.69) is 10.2 Å². The molecule has 0 aliphatic rings. The molecule has 146 valence electrons. The van der Waals surface area contributed by atoms with Gasteiger partial charge in [-0.1, -0.05) is 23.9 Å². The number of halogens is 1. The largest absolute Gasteiger partial charge is 0.496 e. The van der Waals surface area contributed by atoms with Crippen LogP contribution in [0.2, 0.25) is 0 Å². The Hall–Kier alpha value is -2.87. The quantitative estimate of drug-likeness (QED) is 0.394. The van der Waals surface area contributed by atoms with Gasteiger partial charge in [0, 0.05) is 16.9 Å². The number of hydrogen-bond acceptors (Lipinski definition) is 7. The molecule has 3 aromatic rings. The third-order valence-corrected chi connectivity index (χ3v) is 4.82. The van der Waals surface area contributed by atoms with Crippen molar-refractivity contribution in [1.29, 1.82) is 0 Å². The highest BCUT2D eigenvalue weighted by Crippen LogP contribution is 2.30. The average molecular weight is 402 g/mol. The maximum Gasteiger partial charge on any atom is 0.277 e. The number of para-hydroxylation sites is 1. The van der Waals surface area contributed by atoms with Crippen LogP contribution in [0.1, 0.15) is 41.8 Å². The van der Waals surface area contributed by atoms with E-state index in [1.807, 2.05) is 0 Å². The Bertz CT molecular complexity index is 976. The average Bonchev–Trinajstić information content (AvgIpc) is 3.17. The van der Waals surface area contributed by atoms with Crippen LogP contribution in [0.3, 0.4) is 0 Å². The Labute approximate surface area is 166 Å². The van der Waals surface area contributed by atoms with Gasteiger partial charge >= 0.3 is 0 Å². The van der Waals surface area contributed by atoms with Crippen molar-refractivity contribution in [2.75, 3.05) is 7.11 Å². The smallest absolute Gasteiger partial charge is 0.277 e. The van der Waals surface area contributed by atoms with Crippen LogP contribution >= 0.6 is 11.8 Å². The summed E-state index contributed by atoms with van der Waals surface area (Å²) in [5.74, 6) is 1.04. The van der Waals surface area contributed by atoms with Gasteiger partial charge in [0.05, 0.1) is 7.11 Å². The van der Waals surface area contributed by atoms with Gasteiger partial charge in [0.1, 0.15) is 5.75 Å². The Morgan fingerprint density at radius 1 is 1.21 bits per heavy atom. The van der Waals surface area contributed by atoms with E-state index in [4.69, 9.17) is 13.9 Å². The first-order chi connectivity index (χ1) is 13.5. The second-order valence-corrected chi connectivity index (χ2v) is 6.89. The van der Waals surface area contributed by atoms with Crippen molar-refractivity contribution < 1.29 is 23.1 Å². The van der Waals surface area contributed by atoms with Gasteiger partial charge < -0.3 is 13.9 Å². The number of ketones is 1. The number of hydrogen-bond donors (Lipinski definition) is 0. The summed E-state index contributed by atoms with van der Waals surface area (Å²) in [6, 6.07) is 11.4. The number of carbonyl (C=O) groups excluding carboxylic acids is 1. The molecule has 0 aliphatic heterocycles. The maximum atomic E-state index is 13.7. The van der Waals surface area contributed by atoms with E-state index < -0.39 is 11.9 Å². The molecule has 0 bridgehead atoms. The molecule has 0 spiro atoms. The summed E-state index contributed by atoms with van der Waals surface area (Å²) < 4.78 is 30.2. The molecule has 0 amide bonds. The van der Waals surface area contributed by atoms with Gasteiger partial charge in [-0.25, -0.2) is 4.39 Å². The molecule has 8 heteroatoms. The fourth-order valence-corrected chi connectivity index (χ4v) is 3.22. The number of carbonyl (C=O) groups is 1. The van der Waals surface area contributed by atoms with Crippen LogP contribution in [0.15, 0.2) is 52.1 Å². The van der Waals surface area contributed by atoms with E-state index >= 15 is 0 Å². The third-order valence-electron chi connectivity index (χ3n) is 3.95. The molecule has 1 aromatic heterocycles. The molecule has 0 saturated heterocycles. The van der Waals surface area contributed by atoms with E-state index in [1.54, 1.807) is 44.4 Å². The SMILES string of the molecule is COc1ccc(C(C)=O)cc1CSc1nnc([C@@H](C)Oc2ccccc2F)o1. The molecule has 1 heterocycles. The first-order valence-electron chi connectivity index (χ1n) is 8.53. The topological polar surface area (TPSA) is 74.5 Å². The standard InChI is InChI=1S/C20H19FN2O4S/c1-12(24)14-8-9-17(25-3)15(10-14)11-28-20-23-22-19(27-20)13(2)26-18-7-5-4-6-16(18)21/h4-10,13H,11H2,1-3H3/t13-/m1/s1. The van der Waals surface area contributed by atoms with Gasteiger partial charge in [0.2, 0.25) is 0 Å². The lowest BCUT2D eigenvalue weighted by atomic mass is 10.1. The van der Waals surface area contributed by atoms with Crippen molar-refractivity contribution >= 4 is 17.5 Å². The maximum absolute atomic E-state index is 13.7. The molecule has 0 unspecified atom stereocenters. The predicted molar refractivity (Wildman–Crippen MR) is 102 cm³/mol. The van der Waals surface area contributed by atoms with Crippen molar-refractivity contribution in [3.63, 3.8) is 0 Å². The zero-order valence-electron chi connectivity index (χ0n) is 15.6. The summed E-state index contributed by atoms with van der Waals surface area (Å²) in [5.41, 5.74) is 1.45. The van der Waals surface area contributed by atoms with Crippen LogP contribution in [0.5, 0.6) is 11.5 Å². The number of Topliss-reactive ketones (excluding diaryl/α,β-unsaturated/α-hetero) is 1. The lowest BCUT2D eigenvalue weighted by Crippen LogP contribution is -2.04. The summed E-state index contributed by atoms with van der Waals surface area (Å²) in [6.07, 6.45) is -0.602. The highest BCUT2D eigenvalue weighted by molar-refractivity contribution is 7.98. The van der Waals surface area contributed by atoms with Crippen molar-refractivity contribution in [3.8, 4) is 11.5 Å². The minimum absolute atomic E-state index is 0.0203. The lowest BCUT2D eigenvalue weighted by molar-refractivity contribution is 0.101. The molecule has 0 saturated carbocycles. The van der Waals surface area contributed by atoms with Crippen LogP contribution in [-0.4, -0.2) is 23.1 Å². The number of benzene rings is 2. The second-order valence-electron chi connectivity index (χ2n) is 5.97. The predicted octanol–water partition coefficient (Wildman–Crippen LogP) is 4.85. The summed E-state index contributed by atoms with van der Waals surface area (Å²) in [5, 5.41) is 8.31. The van der Waals surface area contributed by atoms with E-state index in [1.165, 1.54) is 30.8 Å². The van der Waals surface area contributed by atoms with Crippen molar-refractivity contribution in [1.82, 2.24) is 10.2 Å². The van der Waals surface area contributed by atoms with Crippen molar-refractivity contribution in [3.05, 3.63) is 65.3 Å². The number of ether oxygens (including phenoxy) is 2. The van der Waals surface area contributed by atoms with E-state index in [9.17, 15) is 9.18 Å². The highest BCUT2D eigenvalue weighted by Gasteiger charge is 2.18. The zero-order valence-corrected chi connectivity index (χ0v) is 16.5. The summed E-state index contributed by atoms with van der Waals surface area (Å²) >= 11 is 1.31. The fourth-order valence-electron chi connectivity index (χ4n) is 2.47. The van der Waals surface area contributed by atoms with Crippen LogP contribution in [-0.2, 0) is 5.75 Å². The summed E-state index contributed by atoms with van der Waals surface area (Å²) in [6.45, 7) is 3.22. The molecule has 2 aromatic carbocycles. The van der Waals surface area contributed by atoms with Crippen LogP contribution in [0, 0.1) is 5.82 Å². The lowest BCUT2D eigenvalue weighted by Gasteiger charge is -2.11. The number of methoxy groups -OCH3 is 1. The molecule has 3 rings (SSSR count). The van der Waals surface area contributed by atoms with Crippen LogP contribution in [0.4, 0.5) is 4.39 Å². The number of nitrogens with zero attached hydrogens (tertiary/aromatic N) is 2. The Morgan fingerprint density at radius 3 is 2.71 bits per heavy atom. The summed E-state index contributed by atoms with van der Waals surface area (Å²) in [4.78, 5) is 11.6. The molecule has 0 fully saturated rings.